The molecule has 0 unspecified atom stereocenters. The Bertz CT molecular complexity index is 1230. The molecule has 168 valence electrons. The number of phenolic OH excluding ortho intramolecular Hbond substituents is 1. The van der Waals surface area contributed by atoms with Crippen LogP contribution in [0.2, 0.25) is 0 Å². The molecule has 0 aliphatic heterocycles. The highest BCUT2D eigenvalue weighted by atomic mass is 32.2. The first-order valence-electron chi connectivity index (χ1n) is 9.01. The van der Waals surface area contributed by atoms with Crippen molar-refractivity contribution in [1.82, 2.24) is 0 Å². The molecule has 11 heteroatoms. The summed E-state index contributed by atoms with van der Waals surface area (Å²) < 4.78 is 45.0. The van der Waals surface area contributed by atoms with Gasteiger partial charge in [0.1, 0.15) is 0 Å². The minimum atomic E-state index is -4.18. The van der Waals surface area contributed by atoms with Crippen LogP contribution in [0.1, 0.15) is 13.8 Å². The number of nitrogens with zero attached hydrogens (tertiary/aromatic N) is 2. The summed E-state index contributed by atoms with van der Waals surface area (Å²) in [5.41, 5.74) is 1.16. The minimum Gasteiger partial charge on any atom is -0.870 e. The lowest BCUT2D eigenvalue weighted by atomic mass is 10.2. The molecular weight excluding hydrogens is 428 g/mol. The third-order valence-electron chi connectivity index (χ3n) is 4.16. The van der Waals surface area contributed by atoms with Crippen molar-refractivity contribution < 1.29 is 47.6 Å². The van der Waals surface area contributed by atoms with Crippen LogP contribution in [0, 0.1) is 0 Å². The summed E-state index contributed by atoms with van der Waals surface area (Å²) in [7, 11) is -4.18. The molecule has 0 saturated heterocycles. The summed E-state index contributed by atoms with van der Waals surface area (Å²) >= 11 is 0. The highest BCUT2D eigenvalue weighted by molar-refractivity contribution is 7.85. The fourth-order valence-electron chi connectivity index (χ4n) is 2.66. The van der Waals surface area contributed by atoms with E-state index >= 15 is 0 Å². The summed E-state index contributed by atoms with van der Waals surface area (Å²) in [6.07, 6.45) is 3.63. The van der Waals surface area contributed by atoms with E-state index in [9.17, 15) is 13.5 Å². The lowest BCUT2D eigenvalue weighted by Crippen LogP contribution is -2.27. The van der Waals surface area contributed by atoms with E-state index < -0.39 is 10.1 Å². The van der Waals surface area contributed by atoms with Crippen LogP contribution in [-0.4, -0.2) is 29.0 Å². The van der Waals surface area contributed by atoms with Gasteiger partial charge in [0.15, 0.2) is 18.8 Å². The number of hydrogen-bond donors (Lipinski definition) is 2. The fourth-order valence-corrected chi connectivity index (χ4v) is 3.19. The molecule has 0 amide bonds. The van der Waals surface area contributed by atoms with Crippen molar-refractivity contribution in [1.29, 1.82) is 0 Å². The number of benzene rings is 2. The molecule has 0 atom stereocenters. The van der Waals surface area contributed by atoms with E-state index in [1.165, 1.54) is 12.1 Å². The molecule has 0 bridgehead atoms. The van der Waals surface area contributed by atoms with E-state index in [1.54, 1.807) is 46.0 Å². The first-order chi connectivity index (χ1) is 13.8. The molecule has 10 nitrogen and oxygen atoms in total. The zero-order valence-corrected chi connectivity index (χ0v) is 17.7. The van der Waals surface area contributed by atoms with Gasteiger partial charge in [0.25, 0.3) is 15.7 Å². The van der Waals surface area contributed by atoms with E-state index in [1.807, 2.05) is 26.1 Å². The van der Waals surface area contributed by atoms with Gasteiger partial charge in [-0.3, -0.25) is 4.55 Å². The average Bonchev–Trinajstić information content (AvgIpc) is 3.35. The summed E-state index contributed by atoms with van der Waals surface area (Å²) in [5.74, 6) is 0.747. The molecule has 0 radical (unpaired) electrons. The van der Waals surface area contributed by atoms with E-state index in [2.05, 4.69) is 0 Å². The van der Waals surface area contributed by atoms with Crippen molar-refractivity contribution >= 4 is 21.1 Å². The minimum absolute atomic E-state index is 0. The van der Waals surface area contributed by atoms with Gasteiger partial charge < -0.3 is 16.1 Å². The molecular formula is C20H24N2O8S. The van der Waals surface area contributed by atoms with Crippen LogP contribution in [0.25, 0.3) is 22.3 Å². The third-order valence-corrected chi connectivity index (χ3v) is 5.01. The predicted molar refractivity (Wildman–Crippen MR) is 107 cm³/mol. The Labute approximate surface area is 178 Å². The van der Waals surface area contributed by atoms with E-state index in [0.29, 0.717) is 23.5 Å². The smallest absolute Gasteiger partial charge is 0.294 e. The second-order valence-electron chi connectivity index (χ2n) is 6.16. The molecule has 2 heterocycles. The van der Waals surface area contributed by atoms with Gasteiger partial charge in [0, 0.05) is 5.56 Å². The van der Waals surface area contributed by atoms with Crippen LogP contribution in [-0.2, 0) is 23.2 Å². The number of aromatic nitrogens is 2. The maximum Gasteiger partial charge on any atom is 0.294 e. The average molecular weight is 452 g/mol. The molecule has 2 aromatic carbocycles. The molecule has 0 aliphatic rings. The first kappa shape index (κ1) is 25.8. The number of rotatable bonds is 4. The van der Waals surface area contributed by atoms with E-state index in [-0.39, 0.29) is 21.6 Å². The molecule has 4 rings (SSSR count). The van der Waals surface area contributed by atoms with Crippen molar-refractivity contribution in [2.75, 3.05) is 0 Å². The SMILES string of the molecule is CC[n+]1cc2cccc(O)c2o1.CC[n+]1ccc(-c2cccc(S(=O)(=O)O)c2)o1.[OH-].[OH-]. The Balaban J connectivity index is 0.000000305. The Morgan fingerprint density at radius 2 is 1.61 bits per heavy atom. The molecule has 0 fully saturated rings. The van der Waals surface area contributed by atoms with Crippen molar-refractivity contribution in [2.45, 2.75) is 31.8 Å². The molecule has 4 aromatic rings. The standard InChI is InChI=1S/C11H11NO4S.C9H9NO2.2H2O/c1-2-12-7-6-11(16-12)9-4-3-5-10(8-9)17(13,14)15;1-2-10-6-7-4-3-5-8(11)9(7)12-10;;/h3-8H,2H2,1H3;3-6H,2H2,1H3;2*1H2. The van der Waals surface area contributed by atoms with Gasteiger partial charge in [0.05, 0.1) is 16.3 Å². The van der Waals surface area contributed by atoms with Gasteiger partial charge in [-0.2, -0.15) is 8.42 Å². The van der Waals surface area contributed by atoms with Gasteiger partial charge in [-0.15, -0.1) is 0 Å². The van der Waals surface area contributed by atoms with Crippen LogP contribution in [0.4, 0.5) is 0 Å². The molecule has 0 aliphatic carbocycles. The number of hydrogen-bond acceptors (Lipinski definition) is 7. The van der Waals surface area contributed by atoms with Crippen LogP contribution in [0.5, 0.6) is 5.75 Å². The first-order valence-corrected chi connectivity index (χ1v) is 10.4. The Kier molecular flexibility index (Phi) is 8.88. The molecule has 4 N–H and O–H groups in total. The number of aromatic hydroxyl groups is 1. The Morgan fingerprint density at radius 3 is 2.19 bits per heavy atom. The Morgan fingerprint density at radius 1 is 0.935 bits per heavy atom. The lowest BCUT2D eigenvalue weighted by Gasteiger charge is -1.98. The summed E-state index contributed by atoms with van der Waals surface area (Å²) in [6, 6.07) is 13.0. The molecule has 0 saturated carbocycles. The number of phenols is 1. The quantitative estimate of drug-likeness (QED) is 0.351. The normalized spacial score (nSPS) is 10.5. The maximum atomic E-state index is 11.0. The van der Waals surface area contributed by atoms with Gasteiger partial charge in [0.2, 0.25) is 18.2 Å². The van der Waals surface area contributed by atoms with E-state index in [4.69, 9.17) is 13.6 Å². The monoisotopic (exact) mass is 452 g/mol. The highest BCUT2D eigenvalue weighted by Crippen LogP contribution is 2.22. The van der Waals surface area contributed by atoms with E-state index in [0.717, 1.165) is 11.9 Å². The third kappa shape index (κ3) is 6.12. The largest absolute Gasteiger partial charge is 0.870 e. The van der Waals surface area contributed by atoms with Crippen LogP contribution >= 0.6 is 0 Å². The van der Waals surface area contributed by atoms with Gasteiger partial charge in [-0.25, -0.2) is 9.05 Å². The summed E-state index contributed by atoms with van der Waals surface area (Å²) in [6.45, 7) is 5.38. The fraction of sp³-hybridized carbons (Fsp3) is 0.200. The summed E-state index contributed by atoms with van der Waals surface area (Å²) in [5, 5.41) is 10.3. The van der Waals surface area contributed by atoms with Crippen LogP contribution in [0.3, 0.4) is 0 Å². The van der Waals surface area contributed by atoms with Gasteiger partial charge >= 0.3 is 0 Å². The lowest BCUT2D eigenvalue weighted by molar-refractivity contribution is -0.860. The summed E-state index contributed by atoms with van der Waals surface area (Å²) in [4.78, 5) is -0.144. The maximum absolute atomic E-state index is 11.0. The number of fused-ring (bicyclic) bond motifs is 1. The van der Waals surface area contributed by atoms with Crippen molar-refractivity contribution in [3.63, 3.8) is 0 Å². The molecule has 2 aromatic heterocycles. The van der Waals surface area contributed by atoms with Gasteiger partial charge in [-0.1, -0.05) is 18.2 Å². The second-order valence-corrected chi connectivity index (χ2v) is 7.58. The number of aryl methyl sites for hydroxylation is 2. The molecule has 31 heavy (non-hydrogen) atoms. The zero-order valence-electron chi connectivity index (χ0n) is 16.9. The van der Waals surface area contributed by atoms with Crippen molar-refractivity contribution in [3.05, 3.63) is 60.9 Å². The zero-order chi connectivity index (χ0) is 21.0. The second kappa shape index (κ2) is 10.7. The molecule has 0 spiro atoms. The van der Waals surface area contributed by atoms with Crippen LogP contribution < -0.4 is 9.48 Å². The van der Waals surface area contributed by atoms with Crippen LogP contribution in [0.15, 0.2) is 74.9 Å². The number of para-hydroxylation sites is 1. The van der Waals surface area contributed by atoms with Gasteiger partial charge in [-0.05, 0) is 47.6 Å². The topological polar surface area (TPSA) is 169 Å². The predicted octanol–water partition coefficient (Wildman–Crippen LogP) is 2.59. The van der Waals surface area contributed by atoms with Crippen molar-refractivity contribution in [3.8, 4) is 17.1 Å². The highest BCUT2D eigenvalue weighted by Gasteiger charge is 2.14. The van der Waals surface area contributed by atoms with Crippen molar-refractivity contribution in [2.24, 2.45) is 0 Å². The Hall–Kier alpha value is -3.25.